The molecule has 106 valence electrons. The van der Waals surface area contributed by atoms with E-state index in [1.54, 1.807) is 12.1 Å². The zero-order valence-electron chi connectivity index (χ0n) is 11.8. The number of ketones is 1. The second-order valence-corrected chi connectivity index (χ2v) is 4.76. The maximum absolute atomic E-state index is 13.4. The quantitative estimate of drug-likeness (QED) is 0.806. The van der Waals surface area contributed by atoms with Crippen molar-refractivity contribution in [3.05, 3.63) is 64.5 Å². The van der Waals surface area contributed by atoms with Crippen LogP contribution in [0.2, 0.25) is 0 Å². The van der Waals surface area contributed by atoms with Gasteiger partial charge >= 0.3 is 0 Å². The SMILES string of the molecule is Cc1ccc(C)c(C(=O)COc2cccc(F)c2C#N)c1. The highest BCUT2D eigenvalue weighted by Gasteiger charge is 2.13. The minimum Gasteiger partial charge on any atom is -0.484 e. The number of benzene rings is 2. The summed E-state index contributed by atoms with van der Waals surface area (Å²) in [4.78, 5) is 12.2. The molecular weight excluding hydrogens is 269 g/mol. The van der Waals surface area contributed by atoms with Crippen molar-refractivity contribution < 1.29 is 13.9 Å². The molecule has 2 aromatic carbocycles. The predicted molar refractivity (Wildman–Crippen MR) is 76.9 cm³/mol. The van der Waals surface area contributed by atoms with E-state index in [-0.39, 0.29) is 23.7 Å². The van der Waals surface area contributed by atoms with Gasteiger partial charge in [0.2, 0.25) is 0 Å². The van der Waals surface area contributed by atoms with Gasteiger partial charge in [0.15, 0.2) is 12.4 Å². The van der Waals surface area contributed by atoms with E-state index in [0.717, 1.165) is 11.1 Å². The molecule has 0 fully saturated rings. The number of hydrogen-bond donors (Lipinski definition) is 0. The maximum atomic E-state index is 13.4. The van der Waals surface area contributed by atoms with Crippen molar-refractivity contribution >= 4 is 5.78 Å². The van der Waals surface area contributed by atoms with E-state index in [4.69, 9.17) is 10.00 Å². The minimum atomic E-state index is -0.658. The molecule has 0 aliphatic rings. The number of Topliss-reactive ketones (excluding diaryl/α,β-unsaturated/α-hetero) is 1. The van der Waals surface area contributed by atoms with Gasteiger partial charge in [0.1, 0.15) is 23.2 Å². The minimum absolute atomic E-state index is 0.0798. The van der Waals surface area contributed by atoms with Crippen LogP contribution in [0.15, 0.2) is 36.4 Å². The standard InChI is InChI=1S/C17H14FNO2/c1-11-6-7-12(2)13(8-11)16(20)10-21-17-5-3-4-15(18)14(17)9-19/h3-8H,10H2,1-2H3. The average Bonchev–Trinajstić information content (AvgIpc) is 2.47. The van der Waals surface area contributed by atoms with Gasteiger partial charge in [-0.3, -0.25) is 4.79 Å². The molecule has 0 bridgehead atoms. The molecule has 0 saturated heterocycles. The fourth-order valence-electron chi connectivity index (χ4n) is 1.99. The lowest BCUT2D eigenvalue weighted by atomic mass is 10.0. The average molecular weight is 283 g/mol. The lowest BCUT2D eigenvalue weighted by Gasteiger charge is -2.09. The third kappa shape index (κ3) is 3.26. The zero-order valence-corrected chi connectivity index (χ0v) is 11.8. The van der Waals surface area contributed by atoms with E-state index in [2.05, 4.69) is 0 Å². The first-order valence-corrected chi connectivity index (χ1v) is 6.45. The Kier molecular flexibility index (Phi) is 4.34. The molecular formula is C17H14FNO2. The number of nitrogens with zero attached hydrogens (tertiary/aromatic N) is 1. The molecule has 0 radical (unpaired) electrons. The first-order valence-electron chi connectivity index (χ1n) is 6.45. The highest BCUT2D eigenvalue weighted by atomic mass is 19.1. The molecule has 0 aliphatic heterocycles. The van der Waals surface area contributed by atoms with Gasteiger partial charge in [0, 0.05) is 5.56 Å². The molecule has 0 saturated carbocycles. The Bertz CT molecular complexity index is 732. The Labute approximate surface area is 122 Å². The summed E-state index contributed by atoms with van der Waals surface area (Å²) < 4.78 is 18.7. The molecule has 0 unspecified atom stereocenters. The van der Waals surface area contributed by atoms with Crippen molar-refractivity contribution in [1.82, 2.24) is 0 Å². The first-order chi connectivity index (χ1) is 10.0. The number of aryl methyl sites for hydroxylation is 2. The Morgan fingerprint density at radius 3 is 2.76 bits per heavy atom. The molecule has 21 heavy (non-hydrogen) atoms. The summed E-state index contributed by atoms with van der Waals surface area (Å²) in [5, 5.41) is 8.91. The van der Waals surface area contributed by atoms with Gasteiger partial charge in [-0.1, -0.05) is 23.8 Å². The van der Waals surface area contributed by atoms with Crippen molar-refractivity contribution in [3.63, 3.8) is 0 Å². The van der Waals surface area contributed by atoms with Gasteiger partial charge in [-0.15, -0.1) is 0 Å². The van der Waals surface area contributed by atoms with Crippen LogP contribution in [0.5, 0.6) is 5.75 Å². The lowest BCUT2D eigenvalue weighted by molar-refractivity contribution is 0.0920. The third-order valence-electron chi connectivity index (χ3n) is 3.14. The van der Waals surface area contributed by atoms with Gasteiger partial charge in [0.25, 0.3) is 0 Å². The predicted octanol–water partition coefficient (Wildman–Crippen LogP) is 3.58. The van der Waals surface area contributed by atoms with Crippen LogP contribution in [0.3, 0.4) is 0 Å². The lowest BCUT2D eigenvalue weighted by Crippen LogP contribution is -2.14. The van der Waals surface area contributed by atoms with E-state index in [0.29, 0.717) is 5.56 Å². The second-order valence-electron chi connectivity index (χ2n) is 4.76. The number of rotatable bonds is 4. The molecule has 0 spiro atoms. The Hall–Kier alpha value is -2.67. The number of halogens is 1. The monoisotopic (exact) mass is 283 g/mol. The zero-order chi connectivity index (χ0) is 15.4. The van der Waals surface area contributed by atoms with Crippen molar-refractivity contribution in [2.45, 2.75) is 13.8 Å². The summed E-state index contributed by atoms with van der Waals surface area (Å²) in [6.07, 6.45) is 0. The van der Waals surface area contributed by atoms with E-state index in [9.17, 15) is 9.18 Å². The molecule has 2 aromatic rings. The van der Waals surface area contributed by atoms with Crippen LogP contribution in [-0.2, 0) is 0 Å². The van der Waals surface area contributed by atoms with Crippen LogP contribution in [0.25, 0.3) is 0 Å². The summed E-state index contributed by atoms with van der Waals surface area (Å²) in [6, 6.07) is 11.4. The van der Waals surface area contributed by atoms with Gasteiger partial charge < -0.3 is 4.74 Å². The summed E-state index contributed by atoms with van der Waals surface area (Å²) in [6.45, 7) is 3.51. The fraction of sp³-hybridized carbons (Fsp3) is 0.176. The van der Waals surface area contributed by atoms with Crippen LogP contribution in [0.4, 0.5) is 4.39 Å². The fourth-order valence-corrected chi connectivity index (χ4v) is 1.99. The summed E-state index contributed by atoms with van der Waals surface area (Å²) in [5.74, 6) is -0.783. The highest BCUT2D eigenvalue weighted by Crippen LogP contribution is 2.21. The van der Waals surface area contributed by atoms with Crippen molar-refractivity contribution in [2.75, 3.05) is 6.61 Å². The van der Waals surface area contributed by atoms with Gasteiger partial charge in [-0.2, -0.15) is 5.26 Å². The number of hydrogen-bond acceptors (Lipinski definition) is 3. The van der Waals surface area contributed by atoms with Crippen LogP contribution in [0, 0.1) is 31.0 Å². The molecule has 0 atom stereocenters. The van der Waals surface area contributed by atoms with E-state index >= 15 is 0 Å². The summed E-state index contributed by atoms with van der Waals surface area (Å²) in [5.41, 5.74) is 2.22. The van der Waals surface area contributed by atoms with E-state index in [1.807, 2.05) is 26.0 Å². The van der Waals surface area contributed by atoms with Crippen molar-refractivity contribution in [1.29, 1.82) is 5.26 Å². The Balaban J connectivity index is 2.17. The molecule has 0 aliphatic carbocycles. The molecule has 0 aromatic heterocycles. The topological polar surface area (TPSA) is 50.1 Å². The van der Waals surface area contributed by atoms with Gasteiger partial charge in [-0.05, 0) is 37.6 Å². The number of ether oxygens (including phenoxy) is 1. The molecule has 2 rings (SSSR count). The first kappa shape index (κ1) is 14.7. The van der Waals surface area contributed by atoms with Crippen LogP contribution in [0.1, 0.15) is 27.0 Å². The smallest absolute Gasteiger partial charge is 0.200 e. The molecule has 0 amide bonds. The van der Waals surface area contributed by atoms with Crippen LogP contribution >= 0.6 is 0 Å². The maximum Gasteiger partial charge on any atom is 0.200 e. The largest absolute Gasteiger partial charge is 0.484 e. The molecule has 0 heterocycles. The number of nitriles is 1. The number of carbonyl (C=O) groups excluding carboxylic acids is 1. The van der Waals surface area contributed by atoms with Crippen molar-refractivity contribution in [2.24, 2.45) is 0 Å². The summed E-state index contributed by atoms with van der Waals surface area (Å²) in [7, 11) is 0. The Morgan fingerprint density at radius 2 is 2.05 bits per heavy atom. The third-order valence-corrected chi connectivity index (χ3v) is 3.14. The number of carbonyl (C=O) groups is 1. The van der Waals surface area contributed by atoms with Crippen LogP contribution in [-0.4, -0.2) is 12.4 Å². The van der Waals surface area contributed by atoms with Crippen molar-refractivity contribution in [3.8, 4) is 11.8 Å². The summed E-state index contributed by atoms with van der Waals surface area (Å²) >= 11 is 0. The van der Waals surface area contributed by atoms with E-state index < -0.39 is 5.82 Å². The molecule has 0 N–H and O–H groups in total. The van der Waals surface area contributed by atoms with Gasteiger partial charge in [0.05, 0.1) is 0 Å². The van der Waals surface area contributed by atoms with Crippen LogP contribution < -0.4 is 4.74 Å². The molecule has 3 nitrogen and oxygen atoms in total. The normalized spacial score (nSPS) is 10.0. The highest BCUT2D eigenvalue weighted by molar-refractivity contribution is 5.98. The Morgan fingerprint density at radius 1 is 1.29 bits per heavy atom. The molecule has 4 heteroatoms. The second kappa shape index (κ2) is 6.19. The van der Waals surface area contributed by atoms with E-state index in [1.165, 1.54) is 18.2 Å². The van der Waals surface area contributed by atoms with Gasteiger partial charge in [-0.25, -0.2) is 4.39 Å².